The van der Waals surface area contributed by atoms with Gasteiger partial charge in [-0.15, -0.1) is 0 Å². The first-order valence-electron chi connectivity index (χ1n) is 7.32. The van der Waals surface area contributed by atoms with E-state index < -0.39 is 0 Å². The number of rotatable bonds is 7. The first kappa shape index (κ1) is 14.2. The molecule has 1 saturated carbocycles. The zero-order valence-electron chi connectivity index (χ0n) is 12.6. The van der Waals surface area contributed by atoms with Gasteiger partial charge in [-0.1, -0.05) is 13.0 Å². The molecule has 1 atom stereocenters. The van der Waals surface area contributed by atoms with Gasteiger partial charge in [0, 0.05) is 30.4 Å². The van der Waals surface area contributed by atoms with Gasteiger partial charge in [0.25, 0.3) is 0 Å². The number of nitrogens with zero attached hydrogens (tertiary/aromatic N) is 1. The van der Waals surface area contributed by atoms with E-state index in [0.29, 0.717) is 12.1 Å². The third kappa shape index (κ3) is 3.21. The van der Waals surface area contributed by atoms with Crippen LogP contribution in [0, 0.1) is 0 Å². The predicted octanol–water partition coefficient (Wildman–Crippen LogP) is 3.35. The normalized spacial score (nSPS) is 16.2. The highest BCUT2D eigenvalue weighted by atomic mass is 16.5. The molecule has 1 unspecified atom stereocenters. The Morgan fingerprint density at radius 1 is 1.42 bits per heavy atom. The van der Waals surface area contributed by atoms with Crippen molar-refractivity contribution in [3.63, 3.8) is 0 Å². The Balaban J connectivity index is 2.30. The number of nitrogens with one attached hydrogen (secondary N) is 1. The molecule has 3 heteroatoms. The molecule has 0 aromatic heterocycles. The van der Waals surface area contributed by atoms with Gasteiger partial charge in [-0.25, -0.2) is 0 Å². The third-order valence-corrected chi connectivity index (χ3v) is 3.87. The van der Waals surface area contributed by atoms with Gasteiger partial charge in [-0.3, -0.25) is 0 Å². The molecule has 1 aliphatic carbocycles. The number of benzene rings is 1. The van der Waals surface area contributed by atoms with Crippen molar-refractivity contribution in [1.82, 2.24) is 5.32 Å². The molecule has 1 fully saturated rings. The Labute approximate surface area is 116 Å². The second-order valence-electron chi connectivity index (χ2n) is 5.41. The third-order valence-electron chi connectivity index (χ3n) is 3.87. The minimum absolute atomic E-state index is 0.312. The SMILES string of the molecule is CCCNC(C)c1c(OC)cccc1N(C)C1CC1. The average molecular weight is 262 g/mol. The van der Waals surface area contributed by atoms with Gasteiger partial charge in [0.05, 0.1) is 7.11 Å². The van der Waals surface area contributed by atoms with Gasteiger partial charge in [0.1, 0.15) is 5.75 Å². The zero-order valence-corrected chi connectivity index (χ0v) is 12.6. The molecule has 19 heavy (non-hydrogen) atoms. The number of hydrogen-bond acceptors (Lipinski definition) is 3. The Morgan fingerprint density at radius 2 is 2.16 bits per heavy atom. The van der Waals surface area contributed by atoms with Gasteiger partial charge in [0.15, 0.2) is 0 Å². The van der Waals surface area contributed by atoms with Crippen LogP contribution in [0.1, 0.15) is 44.7 Å². The summed E-state index contributed by atoms with van der Waals surface area (Å²) in [4.78, 5) is 2.40. The van der Waals surface area contributed by atoms with Crippen LogP contribution in [0.15, 0.2) is 18.2 Å². The van der Waals surface area contributed by atoms with Crippen LogP contribution in [0.2, 0.25) is 0 Å². The summed E-state index contributed by atoms with van der Waals surface area (Å²) in [7, 11) is 3.95. The molecule has 3 nitrogen and oxygen atoms in total. The maximum atomic E-state index is 5.57. The molecule has 0 aliphatic heterocycles. The fourth-order valence-corrected chi connectivity index (χ4v) is 2.57. The monoisotopic (exact) mass is 262 g/mol. The van der Waals surface area contributed by atoms with Crippen LogP contribution in [0.5, 0.6) is 5.75 Å². The number of anilines is 1. The molecular formula is C16H26N2O. The van der Waals surface area contributed by atoms with Crippen LogP contribution in [-0.4, -0.2) is 26.7 Å². The maximum Gasteiger partial charge on any atom is 0.125 e. The lowest BCUT2D eigenvalue weighted by Gasteiger charge is -2.27. The van der Waals surface area contributed by atoms with Crippen LogP contribution < -0.4 is 15.0 Å². The van der Waals surface area contributed by atoms with E-state index in [1.54, 1.807) is 7.11 Å². The number of ether oxygens (including phenoxy) is 1. The van der Waals surface area contributed by atoms with Gasteiger partial charge < -0.3 is 15.0 Å². The summed E-state index contributed by atoms with van der Waals surface area (Å²) in [6, 6.07) is 7.38. The van der Waals surface area contributed by atoms with Crippen LogP contribution in [0.3, 0.4) is 0 Å². The molecule has 1 aliphatic rings. The highest BCUT2D eigenvalue weighted by molar-refractivity contribution is 5.61. The number of hydrogen-bond donors (Lipinski definition) is 1. The van der Waals surface area contributed by atoms with Crippen molar-refractivity contribution in [2.24, 2.45) is 0 Å². The van der Waals surface area contributed by atoms with Crippen molar-refractivity contribution in [2.75, 3.05) is 25.6 Å². The lowest BCUT2D eigenvalue weighted by molar-refractivity contribution is 0.401. The Bertz CT molecular complexity index is 415. The highest BCUT2D eigenvalue weighted by Gasteiger charge is 2.29. The van der Waals surface area contributed by atoms with Gasteiger partial charge >= 0.3 is 0 Å². The summed E-state index contributed by atoms with van der Waals surface area (Å²) in [6.45, 7) is 5.45. The van der Waals surface area contributed by atoms with E-state index in [1.165, 1.54) is 24.1 Å². The predicted molar refractivity (Wildman–Crippen MR) is 81.1 cm³/mol. The minimum Gasteiger partial charge on any atom is -0.496 e. The molecule has 0 radical (unpaired) electrons. The molecule has 0 bridgehead atoms. The molecule has 2 rings (SSSR count). The second kappa shape index (κ2) is 6.29. The highest BCUT2D eigenvalue weighted by Crippen LogP contribution is 2.38. The molecule has 0 saturated heterocycles. The van der Waals surface area contributed by atoms with E-state index >= 15 is 0 Å². The smallest absolute Gasteiger partial charge is 0.125 e. The Kier molecular flexibility index (Phi) is 4.70. The van der Waals surface area contributed by atoms with Crippen LogP contribution in [0.25, 0.3) is 0 Å². The van der Waals surface area contributed by atoms with E-state index in [-0.39, 0.29) is 0 Å². The average Bonchev–Trinajstić information content (AvgIpc) is 3.27. The quantitative estimate of drug-likeness (QED) is 0.815. The molecule has 0 spiro atoms. The number of methoxy groups -OCH3 is 1. The molecule has 106 valence electrons. The Morgan fingerprint density at radius 3 is 2.74 bits per heavy atom. The lowest BCUT2D eigenvalue weighted by Crippen LogP contribution is -2.26. The van der Waals surface area contributed by atoms with Gasteiger partial charge in [0.2, 0.25) is 0 Å². The molecule has 1 aromatic carbocycles. The molecule has 1 N–H and O–H groups in total. The van der Waals surface area contributed by atoms with E-state index in [2.05, 4.69) is 49.3 Å². The topological polar surface area (TPSA) is 24.5 Å². The van der Waals surface area contributed by atoms with Crippen molar-refractivity contribution in [2.45, 2.75) is 45.2 Å². The molecule has 1 aromatic rings. The van der Waals surface area contributed by atoms with Crippen LogP contribution in [0.4, 0.5) is 5.69 Å². The second-order valence-corrected chi connectivity index (χ2v) is 5.41. The van der Waals surface area contributed by atoms with Crippen molar-refractivity contribution >= 4 is 5.69 Å². The van der Waals surface area contributed by atoms with E-state index in [9.17, 15) is 0 Å². The molecular weight excluding hydrogens is 236 g/mol. The first-order valence-corrected chi connectivity index (χ1v) is 7.32. The molecule has 0 heterocycles. The van der Waals surface area contributed by atoms with Crippen molar-refractivity contribution in [3.05, 3.63) is 23.8 Å². The summed E-state index contributed by atoms with van der Waals surface area (Å²) < 4.78 is 5.57. The zero-order chi connectivity index (χ0) is 13.8. The van der Waals surface area contributed by atoms with E-state index in [0.717, 1.165) is 18.7 Å². The van der Waals surface area contributed by atoms with Crippen LogP contribution >= 0.6 is 0 Å². The minimum atomic E-state index is 0.312. The maximum absolute atomic E-state index is 5.57. The summed E-state index contributed by atoms with van der Waals surface area (Å²) >= 11 is 0. The lowest BCUT2D eigenvalue weighted by atomic mass is 10.0. The van der Waals surface area contributed by atoms with E-state index in [4.69, 9.17) is 4.74 Å². The first-order chi connectivity index (χ1) is 9.19. The van der Waals surface area contributed by atoms with Gasteiger partial charge in [-0.05, 0) is 44.9 Å². The van der Waals surface area contributed by atoms with Crippen LogP contribution in [-0.2, 0) is 0 Å². The fraction of sp³-hybridized carbons (Fsp3) is 0.625. The van der Waals surface area contributed by atoms with E-state index in [1.807, 2.05) is 0 Å². The van der Waals surface area contributed by atoms with Gasteiger partial charge in [-0.2, -0.15) is 0 Å². The standard InChI is InChI=1S/C16H26N2O/c1-5-11-17-12(2)16-14(18(3)13-9-10-13)7-6-8-15(16)19-4/h6-8,12-13,17H,5,9-11H2,1-4H3. The summed E-state index contributed by atoms with van der Waals surface area (Å²) in [5, 5.41) is 3.57. The summed E-state index contributed by atoms with van der Waals surface area (Å²) in [5.74, 6) is 0.987. The summed E-state index contributed by atoms with van der Waals surface area (Å²) in [6.07, 6.45) is 3.77. The van der Waals surface area contributed by atoms with Crippen molar-refractivity contribution in [3.8, 4) is 5.75 Å². The molecule has 0 amide bonds. The van der Waals surface area contributed by atoms with Crippen molar-refractivity contribution in [1.29, 1.82) is 0 Å². The van der Waals surface area contributed by atoms with Crippen molar-refractivity contribution < 1.29 is 4.74 Å². The largest absolute Gasteiger partial charge is 0.496 e. The Hall–Kier alpha value is -1.22. The fourth-order valence-electron chi connectivity index (χ4n) is 2.57. The summed E-state index contributed by atoms with van der Waals surface area (Å²) in [5.41, 5.74) is 2.59.